The van der Waals surface area contributed by atoms with Crippen molar-refractivity contribution in [2.24, 2.45) is 0 Å². The first kappa shape index (κ1) is 14.2. The first-order chi connectivity index (χ1) is 8.70. The van der Waals surface area contributed by atoms with Crippen molar-refractivity contribution < 1.29 is 0 Å². The quantitative estimate of drug-likeness (QED) is 0.675. The highest BCUT2D eigenvalue weighted by Crippen LogP contribution is 2.34. The van der Waals surface area contributed by atoms with Gasteiger partial charge in [0, 0.05) is 27.1 Å². The van der Waals surface area contributed by atoms with Crippen LogP contribution in [-0.4, -0.2) is 15.6 Å². The average Bonchev–Trinajstić information content (AvgIpc) is 2.82. The van der Waals surface area contributed by atoms with E-state index in [-0.39, 0.29) is 5.41 Å². The van der Waals surface area contributed by atoms with E-state index in [0.29, 0.717) is 0 Å². The monoisotopic (exact) mass is 387 g/mol. The van der Waals surface area contributed by atoms with Crippen LogP contribution in [0, 0.1) is 6.92 Å². The summed E-state index contributed by atoms with van der Waals surface area (Å²) in [5.74, 6) is 0. The smallest absolute Gasteiger partial charge is 0.0896 e. The molecule has 96 valence electrons. The molecule has 0 aliphatic carbocycles. The third-order valence-electron chi connectivity index (χ3n) is 3.08. The normalized spacial score (nSPS) is 11.7. The second-order valence-electron chi connectivity index (χ2n) is 4.44. The molecule has 0 spiro atoms. The zero-order valence-corrected chi connectivity index (χ0v) is 14.2. The molecule has 18 heavy (non-hydrogen) atoms. The molecule has 1 aromatic heterocycles. The highest BCUT2D eigenvalue weighted by atomic mass is 79.9. The van der Waals surface area contributed by atoms with Gasteiger partial charge in [-0.2, -0.15) is 0 Å². The Morgan fingerprint density at radius 2 is 1.83 bits per heavy atom. The standard InChI is InChI=1S/C14H15Br2NS/c1-11-17-8-13(18-11)7-14(9-15,10-16)12-5-3-2-4-6-12/h2-6,8H,7,9-10H2,1H3. The average molecular weight is 389 g/mol. The number of hydrogen-bond acceptors (Lipinski definition) is 2. The van der Waals surface area contributed by atoms with Gasteiger partial charge in [0.15, 0.2) is 0 Å². The van der Waals surface area contributed by atoms with E-state index < -0.39 is 0 Å². The van der Waals surface area contributed by atoms with Gasteiger partial charge in [-0.15, -0.1) is 11.3 Å². The minimum absolute atomic E-state index is 0.0975. The summed E-state index contributed by atoms with van der Waals surface area (Å²) in [6.07, 6.45) is 3.02. The Morgan fingerprint density at radius 1 is 1.17 bits per heavy atom. The van der Waals surface area contributed by atoms with Gasteiger partial charge < -0.3 is 0 Å². The van der Waals surface area contributed by atoms with E-state index >= 15 is 0 Å². The number of benzene rings is 1. The van der Waals surface area contributed by atoms with Crippen LogP contribution in [0.2, 0.25) is 0 Å². The first-order valence-electron chi connectivity index (χ1n) is 5.79. The molecule has 0 saturated carbocycles. The Balaban J connectivity index is 2.32. The van der Waals surface area contributed by atoms with Crippen molar-refractivity contribution in [2.45, 2.75) is 18.8 Å². The van der Waals surface area contributed by atoms with Gasteiger partial charge in [0.05, 0.1) is 5.01 Å². The predicted molar refractivity (Wildman–Crippen MR) is 86.3 cm³/mol. The predicted octanol–water partition coefficient (Wildman–Crippen LogP) is 4.72. The summed E-state index contributed by atoms with van der Waals surface area (Å²) >= 11 is 9.16. The van der Waals surface area contributed by atoms with E-state index in [0.717, 1.165) is 22.1 Å². The summed E-state index contributed by atoms with van der Waals surface area (Å²) in [5.41, 5.74) is 1.46. The molecule has 1 aromatic carbocycles. The lowest BCUT2D eigenvalue weighted by Gasteiger charge is -2.30. The van der Waals surface area contributed by atoms with Gasteiger partial charge in [-0.25, -0.2) is 4.98 Å². The fourth-order valence-electron chi connectivity index (χ4n) is 2.00. The van der Waals surface area contributed by atoms with Crippen molar-refractivity contribution in [1.82, 2.24) is 4.98 Å². The number of thiazole rings is 1. The van der Waals surface area contributed by atoms with Gasteiger partial charge in [-0.1, -0.05) is 62.2 Å². The highest BCUT2D eigenvalue weighted by Gasteiger charge is 2.31. The minimum atomic E-state index is 0.0975. The Morgan fingerprint density at radius 3 is 2.33 bits per heavy atom. The number of halogens is 2. The lowest BCUT2D eigenvalue weighted by molar-refractivity contribution is 0.555. The van der Waals surface area contributed by atoms with E-state index in [4.69, 9.17) is 0 Å². The second-order valence-corrected chi connectivity index (χ2v) is 6.88. The van der Waals surface area contributed by atoms with Gasteiger partial charge in [-0.3, -0.25) is 0 Å². The van der Waals surface area contributed by atoms with Crippen molar-refractivity contribution in [2.75, 3.05) is 10.7 Å². The van der Waals surface area contributed by atoms with Crippen LogP contribution in [0.1, 0.15) is 15.4 Å². The van der Waals surface area contributed by atoms with Gasteiger partial charge in [-0.05, 0) is 18.9 Å². The van der Waals surface area contributed by atoms with Crippen LogP contribution < -0.4 is 0 Å². The molecule has 0 unspecified atom stereocenters. The Hall–Kier alpha value is -0.190. The van der Waals surface area contributed by atoms with Crippen LogP contribution in [0.5, 0.6) is 0 Å². The molecule has 0 radical (unpaired) electrons. The van der Waals surface area contributed by atoms with E-state index in [1.54, 1.807) is 11.3 Å². The Labute approximate surface area is 129 Å². The van der Waals surface area contributed by atoms with Crippen LogP contribution in [0.15, 0.2) is 36.5 Å². The molecule has 0 saturated heterocycles. The lowest BCUT2D eigenvalue weighted by atomic mass is 9.81. The van der Waals surface area contributed by atoms with Crippen molar-refractivity contribution in [3.63, 3.8) is 0 Å². The number of nitrogens with zero attached hydrogens (tertiary/aromatic N) is 1. The van der Waals surface area contributed by atoms with Gasteiger partial charge >= 0.3 is 0 Å². The SMILES string of the molecule is Cc1ncc(CC(CBr)(CBr)c2ccccc2)s1. The fourth-order valence-corrected chi connectivity index (χ4v) is 4.91. The summed E-state index contributed by atoms with van der Waals surface area (Å²) in [5, 5.41) is 3.01. The zero-order valence-electron chi connectivity index (χ0n) is 10.2. The molecule has 1 heterocycles. The number of alkyl halides is 2. The van der Waals surface area contributed by atoms with Gasteiger partial charge in [0.2, 0.25) is 0 Å². The van der Waals surface area contributed by atoms with E-state index in [9.17, 15) is 0 Å². The zero-order chi connectivity index (χ0) is 13.0. The van der Waals surface area contributed by atoms with E-state index in [2.05, 4.69) is 74.1 Å². The Bertz CT molecular complexity index is 492. The second kappa shape index (κ2) is 6.31. The van der Waals surface area contributed by atoms with Crippen molar-refractivity contribution in [1.29, 1.82) is 0 Å². The lowest BCUT2D eigenvalue weighted by Crippen LogP contribution is -2.32. The third kappa shape index (κ3) is 3.03. The number of hydrogen-bond donors (Lipinski definition) is 0. The summed E-state index contributed by atoms with van der Waals surface area (Å²) in [6.45, 7) is 2.06. The van der Waals surface area contributed by atoms with Crippen LogP contribution in [-0.2, 0) is 11.8 Å². The highest BCUT2D eigenvalue weighted by molar-refractivity contribution is 9.09. The summed E-state index contributed by atoms with van der Waals surface area (Å²) in [7, 11) is 0. The number of aromatic nitrogens is 1. The summed E-state index contributed by atoms with van der Waals surface area (Å²) in [4.78, 5) is 5.69. The van der Waals surface area contributed by atoms with Crippen LogP contribution in [0.25, 0.3) is 0 Å². The summed E-state index contributed by atoms with van der Waals surface area (Å²) in [6, 6.07) is 10.7. The fraction of sp³-hybridized carbons (Fsp3) is 0.357. The first-order valence-corrected chi connectivity index (χ1v) is 8.85. The molecule has 0 atom stereocenters. The largest absolute Gasteiger partial charge is 0.250 e. The Kier molecular flexibility index (Phi) is 4.98. The molecule has 0 aliphatic rings. The van der Waals surface area contributed by atoms with Crippen LogP contribution in [0.4, 0.5) is 0 Å². The molecule has 1 nitrogen and oxygen atoms in total. The maximum absolute atomic E-state index is 4.35. The maximum Gasteiger partial charge on any atom is 0.0896 e. The molecule has 2 aromatic rings. The molecule has 0 fully saturated rings. The van der Waals surface area contributed by atoms with E-state index in [1.165, 1.54) is 10.4 Å². The molecule has 0 amide bonds. The molecular weight excluding hydrogens is 374 g/mol. The van der Waals surface area contributed by atoms with Gasteiger partial charge in [0.25, 0.3) is 0 Å². The number of rotatable bonds is 5. The van der Waals surface area contributed by atoms with Gasteiger partial charge in [0.1, 0.15) is 0 Å². The molecule has 0 aliphatic heterocycles. The summed E-state index contributed by atoms with van der Waals surface area (Å²) < 4.78 is 0. The molecule has 0 N–H and O–H groups in total. The van der Waals surface area contributed by atoms with Crippen LogP contribution in [0.3, 0.4) is 0 Å². The molecule has 4 heteroatoms. The third-order valence-corrected chi connectivity index (χ3v) is 6.14. The van der Waals surface area contributed by atoms with Crippen LogP contribution >= 0.6 is 43.2 Å². The molecule has 0 bridgehead atoms. The maximum atomic E-state index is 4.35. The number of aryl methyl sites for hydroxylation is 1. The van der Waals surface area contributed by atoms with Crippen molar-refractivity contribution >= 4 is 43.2 Å². The molecular formula is C14H15Br2NS. The topological polar surface area (TPSA) is 12.9 Å². The van der Waals surface area contributed by atoms with Crippen molar-refractivity contribution in [3.8, 4) is 0 Å². The minimum Gasteiger partial charge on any atom is -0.250 e. The van der Waals surface area contributed by atoms with E-state index in [1.807, 2.05) is 6.20 Å². The van der Waals surface area contributed by atoms with Crippen molar-refractivity contribution in [3.05, 3.63) is 52.0 Å². The molecule has 2 rings (SSSR count).